The van der Waals surface area contributed by atoms with Crippen molar-refractivity contribution in [3.8, 4) is 6.07 Å². The summed E-state index contributed by atoms with van der Waals surface area (Å²) in [5.74, 6) is -0.560. The van der Waals surface area contributed by atoms with E-state index in [1.807, 2.05) is 52.0 Å². The molecule has 1 aromatic rings. The number of carbonyl (C=O) groups is 3. The zero-order chi connectivity index (χ0) is 33.4. The van der Waals surface area contributed by atoms with Crippen LogP contribution >= 0.6 is 0 Å². The molecule has 3 rings (SSSR count). The molecule has 2 amide bonds. The summed E-state index contributed by atoms with van der Waals surface area (Å²) in [5, 5.41) is 11.5. The fourth-order valence-electron chi connectivity index (χ4n) is 5.40. The Labute approximate surface area is 264 Å². The number of carbonyl (C=O) groups excluding carboxylic acids is 3. The second-order valence-electron chi connectivity index (χ2n) is 11.7. The van der Waals surface area contributed by atoms with Gasteiger partial charge < -0.3 is 25.6 Å². The van der Waals surface area contributed by atoms with Gasteiger partial charge in [-0.2, -0.15) is 5.26 Å². The van der Waals surface area contributed by atoms with E-state index in [9.17, 15) is 14.4 Å². The molecule has 0 radical (unpaired) electrons. The Kier molecular flexibility index (Phi) is 16.1. The third-order valence-electron chi connectivity index (χ3n) is 7.71. The number of rotatable bonds is 10. The topological polar surface area (TPSA) is 123 Å². The summed E-state index contributed by atoms with van der Waals surface area (Å²) in [5.41, 5.74) is 10.2. The van der Waals surface area contributed by atoms with E-state index in [0.29, 0.717) is 31.4 Å². The lowest BCUT2D eigenvalue weighted by molar-refractivity contribution is -0.122. The number of nitrogens with one attached hydrogen (secondary N) is 1. The highest BCUT2D eigenvalue weighted by Crippen LogP contribution is 2.44. The molecule has 1 fully saturated rings. The number of nitrogens with zero attached hydrogens (tertiary/aromatic N) is 4. The molecule has 240 valence electrons. The number of hydrogen-bond donors (Lipinski definition) is 2. The van der Waals surface area contributed by atoms with Crippen LogP contribution in [0.25, 0.3) is 0 Å². The van der Waals surface area contributed by atoms with Crippen LogP contribution in [0.2, 0.25) is 0 Å². The van der Waals surface area contributed by atoms with E-state index in [4.69, 9.17) is 11.0 Å². The van der Waals surface area contributed by atoms with Crippen LogP contribution in [0, 0.1) is 11.3 Å². The van der Waals surface area contributed by atoms with Gasteiger partial charge >= 0.3 is 0 Å². The molecule has 2 unspecified atom stereocenters. The smallest absolute Gasteiger partial charge is 0.253 e. The normalized spacial score (nSPS) is 18.9. The number of primary amides is 1. The lowest BCUT2D eigenvalue weighted by atomic mass is 9.68. The van der Waals surface area contributed by atoms with Crippen LogP contribution in [0.4, 0.5) is 0 Å². The molecule has 44 heavy (non-hydrogen) atoms. The Hall–Kier alpha value is -4.00. The Morgan fingerprint density at radius 3 is 2.30 bits per heavy atom. The van der Waals surface area contributed by atoms with Gasteiger partial charge in [0.25, 0.3) is 5.91 Å². The van der Waals surface area contributed by atoms with Gasteiger partial charge in [0.05, 0.1) is 18.7 Å². The first-order chi connectivity index (χ1) is 20.8. The van der Waals surface area contributed by atoms with Gasteiger partial charge in [-0.1, -0.05) is 36.9 Å². The number of hydrogen-bond acceptors (Lipinski definition) is 7. The fourth-order valence-corrected chi connectivity index (χ4v) is 5.40. The van der Waals surface area contributed by atoms with Crippen molar-refractivity contribution in [2.24, 2.45) is 5.73 Å². The Morgan fingerprint density at radius 1 is 1.20 bits per heavy atom. The molecule has 2 aliphatic rings. The average Bonchev–Trinajstić information content (AvgIpc) is 3.36. The van der Waals surface area contributed by atoms with E-state index < -0.39 is 11.3 Å². The Balaban J connectivity index is 0.000000613. The van der Waals surface area contributed by atoms with Crippen molar-refractivity contribution in [2.75, 3.05) is 54.9 Å². The summed E-state index contributed by atoms with van der Waals surface area (Å²) in [6.45, 7) is 13.2. The minimum absolute atomic E-state index is 0.0919. The van der Waals surface area contributed by atoms with Crippen molar-refractivity contribution >= 4 is 18.1 Å². The van der Waals surface area contributed by atoms with E-state index >= 15 is 0 Å². The molecule has 0 bridgehead atoms. The first kappa shape index (κ1) is 38.0. The predicted molar refractivity (Wildman–Crippen MR) is 179 cm³/mol. The number of aryl methyl sites for hydroxylation is 1. The minimum atomic E-state index is -1.11. The van der Waals surface area contributed by atoms with Gasteiger partial charge in [-0.25, -0.2) is 0 Å². The molecule has 9 nitrogen and oxygen atoms in total. The second kappa shape index (κ2) is 18.6. The van der Waals surface area contributed by atoms with Gasteiger partial charge in [-0.3, -0.25) is 14.5 Å². The van der Waals surface area contributed by atoms with Gasteiger partial charge in [0.15, 0.2) is 0 Å². The van der Waals surface area contributed by atoms with E-state index in [1.165, 1.54) is 11.3 Å². The third-order valence-corrected chi connectivity index (χ3v) is 7.71. The van der Waals surface area contributed by atoms with Crippen LogP contribution in [-0.4, -0.2) is 93.7 Å². The monoisotopic (exact) mass is 604 g/mol. The van der Waals surface area contributed by atoms with Crippen LogP contribution in [0.3, 0.4) is 0 Å². The number of benzene rings is 1. The molecule has 0 saturated carbocycles. The highest BCUT2D eigenvalue weighted by molar-refractivity contribution is 5.96. The van der Waals surface area contributed by atoms with E-state index in [1.54, 1.807) is 32.4 Å². The minimum Gasteiger partial charge on any atom is -0.384 e. The third kappa shape index (κ3) is 10.3. The van der Waals surface area contributed by atoms with E-state index in [0.717, 1.165) is 47.1 Å². The number of amides is 2. The predicted octanol–water partition coefficient (Wildman–Crippen LogP) is 3.98. The van der Waals surface area contributed by atoms with Gasteiger partial charge in [-0.15, -0.1) is 0 Å². The summed E-state index contributed by atoms with van der Waals surface area (Å²) in [6, 6.07) is 7.93. The lowest BCUT2D eigenvalue weighted by Gasteiger charge is -2.34. The van der Waals surface area contributed by atoms with Crippen LogP contribution in [0.5, 0.6) is 0 Å². The number of allylic oxidation sites excluding steroid dienone is 4. The summed E-state index contributed by atoms with van der Waals surface area (Å²) in [6.07, 6.45) is 10.4. The van der Waals surface area contributed by atoms with Crippen LogP contribution in [0.15, 0.2) is 66.4 Å². The van der Waals surface area contributed by atoms with Crippen LogP contribution in [-0.2, 0) is 21.4 Å². The van der Waals surface area contributed by atoms with Crippen molar-refractivity contribution in [3.63, 3.8) is 0 Å². The first-order valence-corrected chi connectivity index (χ1v) is 15.0. The lowest BCUT2D eigenvalue weighted by Crippen LogP contribution is -2.45. The van der Waals surface area contributed by atoms with Crippen LogP contribution in [0.1, 0.15) is 61.0 Å². The van der Waals surface area contributed by atoms with Crippen LogP contribution < -0.4 is 11.1 Å². The molecular weight excluding hydrogens is 552 g/mol. The molecule has 1 saturated heterocycles. The van der Waals surface area contributed by atoms with Gasteiger partial charge in [0.2, 0.25) is 5.91 Å². The molecule has 2 atom stereocenters. The summed E-state index contributed by atoms with van der Waals surface area (Å²) in [7, 11) is 9.30. The van der Waals surface area contributed by atoms with Crippen molar-refractivity contribution in [1.82, 2.24) is 20.0 Å². The number of fused-ring (bicyclic) bond motifs is 1. The molecule has 3 N–H and O–H groups in total. The Bertz CT molecular complexity index is 1270. The standard InChI is InChI=1S/C25H33N3O3.C6H10N2.C4H9N/c1-6-21-18(15-17(2)3)7-8-19-16-20(23(30)28(4)5)9-10-22(19)25(21,24(26)31)11-12-27-13-14-29;1-8-4-2-3-6(8)5-7;1-4-5(2)3/h6,9-10,14-16,27H,1,7-8,11-13H2,2-5H3,(H2,26,31);6H,2-4H2,1H3;4H,1H2,2-3H3. The van der Waals surface area contributed by atoms with Crippen molar-refractivity contribution in [2.45, 2.75) is 57.4 Å². The molecule has 1 aromatic carbocycles. The van der Waals surface area contributed by atoms with E-state index in [-0.39, 0.29) is 18.5 Å². The van der Waals surface area contributed by atoms with Gasteiger partial charge in [-0.05, 0) is 107 Å². The highest BCUT2D eigenvalue weighted by Gasteiger charge is 2.44. The average molecular weight is 605 g/mol. The highest BCUT2D eigenvalue weighted by atomic mass is 16.2. The van der Waals surface area contributed by atoms with Crippen molar-refractivity contribution in [1.29, 1.82) is 5.26 Å². The van der Waals surface area contributed by atoms with Gasteiger partial charge in [0.1, 0.15) is 11.7 Å². The van der Waals surface area contributed by atoms with Crippen molar-refractivity contribution < 1.29 is 14.4 Å². The number of likely N-dealkylation sites (tertiary alicyclic amines) is 1. The first-order valence-electron chi connectivity index (χ1n) is 15.0. The quantitative estimate of drug-likeness (QED) is 0.306. The molecule has 1 aliphatic carbocycles. The molecular formula is C35H52N6O3. The number of nitrogens with two attached hydrogens (primary N) is 1. The Morgan fingerprint density at radius 2 is 1.86 bits per heavy atom. The number of aldehydes is 1. The summed E-state index contributed by atoms with van der Waals surface area (Å²) >= 11 is 0. The molecule has 0 aromatic heterocycles. The maximum atomic E-state index is 13.1. The summed E-state index contributed by atoms with van der Waals surface area (Å²) in [4.78, 5) is 41.9. The molecule has 1 aliphatic heterocycles. The zero-order valence-corrected chi connectivity index (χ0v) is 27.8. The SMILES string of the molecule is C=CC1=C(C=C(C)C)CCc2cc(C(=O)N(C)C)ccc2C1(CCNCC=O)C(N)=O.C=CN(C)C.CN1CCCC1C#N. The molecule has 1 heterocycles. The van der Waals surface area contributed by atoms with Crippen molar-refractivity contribution in [3.05, 3.63) is 83.1 Å². The number of nitriles is 1. The summed E-state index contributed by atoms with van der Waals surface area (Å²) < 4.78 is 0. The zero-order valence-electron chi connectivity index (χ0n) is 27.8. The second-order valence-corrected chi connectivity index (χ2v) is 11.7. The maximum Gasteiger partial charge on any atom is 0.253 e. The largest absolute Gasteiger partial charge is 0.384 e. The fraction of sp³-hybridized carbons (Fsp3) is 0.486. The van der Waals surface area contributed by atoms with Gasteiger partial charge in [0, 0.05) is 33.8 Å². The maximum absolute atomic E-state index is 13.1. The molecule has 9 heteroatoms. The van der Waals surface area contributed by atoms with E-state index in [2.05, 4.69) is 35.5 Å². The molecule has 0 spiro atoms.